The molecule has 2 N–H and O–H groups in total. The highest BCUT2D eigenvalue weighted by molar-refractivity contribution is 7.89. The van der Waals surface area contributed by atoms with E-state index in [-0.39, 0.29) is 11.5 Å². The molecule has 0 saturated carbocycles. The third-order valence-electron chi connectivity index (χ3n) is 3.93. The van der Waals surface area contributed by atoms with Gasteiger partial charge in [-0.25, -0.2) is 13.1 Å². The second kappa shape index (κ2) is 8.47. The summed E-state index contributed by atoms with van der Waals surface area (Å²) in [6.45, 7) is 5.69. The molecule has 0 aromatic heterocycles. The van der Waals surface area contributed by atoms with E-state index in [9.17, 15) is 13.5 Å². The maximum Gasteiger partial charge on any atom is 0.241 e. The molecular formula is C19H25NO4S. The first-order valence-corrected chi connectivity index (χ1v) is 9.76. The van der Waals surface area contributed by atoms with Crippen molar-refractivity contribution < 1.29 is 18.3 Å². The van der Waals surface area contributed by atoms with Crippen LogP contribution in [0.5, 0.6) is 5.75 Å². The van der Waals surface area contributed by atoms with E-state index >= 15 is 0 Å². The number of ether oxygens (including phenoxy) is 1. The quantitative estimate of drug-likeness (QED) is 0.756. The Balaban J connectivity index is 2.24. The molecule has 0 radical (unpaired) electrons. The molecule has 0 aliphatic rings. The molecule has 6 heteroatoms. The fraction of sp³-hybridized carbons (Fsp3) is 0.368. The molecule has 2 rings (SSSR count). The zero-order valence-electron chi connectivity index (χ0n) is 14.8. The number of rotatable bonds is 8. The summed E-state index contributed by atoms with van der Waals surface area (Å²) < 4.78 is 33.7. The molecule has 1 unspecified atom stereocenters. The Morgan fingerprint density at radius 1 is 1.12 bits per heavy atom. The Kier molecular flexibility index (Phi) is 6.58. The van der Waals surface area contributed by atoms with E-state index in [0.717, 1.165) is 11.1 Å². The number of aryl methyl sites for hydroxylation is 2. The summed E-state index contributed by atoms with van der Waals surface area (Å²) in [7, 11) is -3.74. The highest BCUT2D eigenvalue weighted by Gasteiger charge is 2.23. The minimum Gasteiger partial charge on any atom is -0.494 e. The van der Waals surface area contributed by atoms with Gasteiger partial charge in [0, 0.05) is 6.04 Å². The van der Waals surface area contributed by atoms with Crippen LogP contribution in [0.4, 0.5) is 0 Å². The van der Waals surface area contributed by atoms with Crippen molar-refractivity contribution >= 4 is 10.0 Å². The van der Waals surface area contributed by atoms with Gasteiger partial charge in [0.2, 0.25) is 10.0 Å². The number of nitrogens with one attached hydrogen (secondary N) is 1. The van der Waals surface area contributed by atoms with Crippen LogP contribution in [-0.4, -0.2) is 32.8 Å². The van der Waals surface area contributed by atoms with Crippen LogP contribution in [-0.2, 0) is 16.4 Å². The van der Waals surface area contributed by atoms with E-state index in [4.69, 9.17) is 4.74 Å². The van der Waals surface area contributed by atoms with Crippen LogP contribution in [0.3, 0.4) is 0 Å². The first-order chi connectivity index (χ1) is 11.9. The van der Waals surface area contributed by atoms with Gasteiger partial charge in [-0.3, -0.25) is 0 Å². The Morgan fingerprint density at radius 2 is 1.80 bits per heavy atom. The normalized spacial score (nSPS) is 12.8. The van der Waals surface area contributed by atoms with Crippen molar-refractivity contribution in [3.05, 3.63) is 59.2 Å². The second-order valence-electron chi connectivity index (χ2n) is 6.01. The minimum absolute atomic E-state index is 0.208. The lowest BCUT2D eigenvalue weighted by atomic mass is 10.1. The number of aliphatic hydroxyl groups excluding tert-OH is 1. The van der Waals surface area contributed by atoms with Crippen LogP contribution in [0.2, 0.25) is 0 Å². The Bertz CT molecular complexity index is 804. The predicted molar refractivity (Wildman–Crippen MR) is 98.4 cm³/mol. The van der Waals surface area contributed by atoms with Crippen molar-refractivity contribution in [2.24, 2.45) is 0 Å². The third kappa shape index (κ3) is 5.04. The van der Waals surface area contributed by atoms with Gasteiger partial charge in [-0.15, -0.1) is 0 Å². The summed E-state index contributed by atoms with van der Waals surface area (Å²) in [4.78, 5) is 0.208. The molecule has 2 aromatic rings. The molecule has 5 nitrogen and oxygen atoms in total. The molecule has 2 aromatic carbocycles. The van der Waals surface area contributed by atoms with Crippen molar-refractivity contribution in [2.75, 3.05) is 13.2 Å². The fourth-order valence-electron chi connectivity index (χ4n) is 2.69. The Morgan fingerprint density at radius 3 is 2.40 bits per heavy atom. The molecule has 0 spiro atoms. The van der Waals surface area contributed by atoms with Gasteiger partial charge in [0.05, 0.1) is 18.1 Å². The molecule has 0 saturated heterocycles. The van der Waals surface area contributed by atoms with Crippen molar-refractivity contribution in [1.29, 1.82) is 0 Å². The maximum atomic E-state index is 12.8. The number of hydrogen-bond donors (Lipinski definition) is 2. The summed E-state index contributed by atoms with van der Waals surface area (Å²) in [6.07, 6.45) is 0.422. The zero-order valence-corrected chi connectivity index (χ0v) is 15.6. The van der Waals surface area contributed by atoms with E-state index in [1.165, 1.54) is 0 Å². The first-order valence-electron chi connectivity index (χ1n) is 8.28. The van der Waals surface area contributed by atoms with Gasteiger partial charge in [-0.1, -0.05) is 30.3 Å². The third-order valence-corrected chi connectivity index (χ3v) is 5.59. The lowest BCUT2D eigenvalue weighted by Crippen LogP contribution is -2.39. The van der Waals surface area contributed by atoms with E-state index in [1.807, 2.05) is 44.2 Å². The maximum absolute atomic E-state index is 12.8. The summed E-state index contributed by atoms with van der Waals surface area (Å²) in [5.74, 6) is 0.682. The van der Waals surface area contributed by atoms with Crippen molar-refractivity contribution in [2.45, 2.75) is 38.1 Å². The van der Waals surface area contributed by atoms with Gasteiger partial charge in [0.1, 0.15) is 5.75 Å². The average Bonchev–Trinajstić information content (AvgIpc) is 2.58. The molecule has 25 heavy (non-hydrogen) atoms. The highest BCUT2D eigenvalue weighted by Crippen LogP contribution is 2.26. The van der Waals surface area contributed by atoms with Crippen molar-refractivity contribution in [3.8, 4) is 5.75 Å². The van der Waals surface area contributed by atoms with Gasteiger partial charge in [0.25, 0.3) is 0 Å². The van der Waals surface area contributed by atoms with E-state index < -0.39 is 16.1 Å². The fourth-order valence-corrected chi connectivity index (χ4v) is 4.23. The molecule has 1 atom stereocenters. The molecule has 0 amide bonds. The molecule has 0 bridgehead atoms. The van der Waals surface area contributed by atoms with E-state index in [0.29, 0.717) is 24.3 Å². The van der Waals surface area contributed by atoms with Gasteiger partial charge in [-0.05, 0) is 56.0 Å². The van der Waals surface area contributed by atoms with Crippen LogP contribution < -0.4 is 9.46 Å². The van der Waals surface area contributed by atoms with Crippen LogP contribution in [0.25, 0.3) is 0 Å². The predicted octanol–water partition coefficient (Wildman–Crippen LogP) is 2.58. The number of hydrogen-bond acceptors (Lipinski definition) is 4. The standard InChI is InChI=1S/C19H25NO4S/c1-4-24-18-10-15(3)19(11-14(18)2)25(22,23)20-17(13-21)12-16-8-6-5-7-9-16/h5-11,17,20-21H,4,12-13H2,1-3H3. The lowest BCUT2D eigenvalue weighted by molar-refractivity contribution is 0.256. The van der Waals surface area contributed by atoms with Crippen molar-refractivity contribution in [3.63, 3.8) is 0 Å². The molecule has 0 aliphatic carbocycles. The van der Waals surface area contributed by atoms with Gasteiger partial charge in [-0.2, -0.15) is 0 Å². The van der Waals surface area contributed by atoms with Crippen LogP contribution in [0.15, 0.2) is 47.4 Å². The minimum atomic E-state index is -3.74. The summed E-state index contributed by atoms with van der Waals surface area (Å²) in [5, 5.41) is 9.59. The summed E-state index contributed by atoms with van der Waals surface area (Å²) in [5.41, 5.74) is 2.33. The first kappa shape index (κ1) is 19.4. The highest BCUT2D eigenvalue weighted by atomic mass is 32.2. The molecular weight excluding hydrogens is 338 g/mol. The largest absolute Gasteiger partial charge is 0.494 e. The molecule has 0 fully saturated rings. The SMILES string of the molecule is CCOc1cc(C)c(S(=O)(=O)NC(CO)Cc2ccccc2)cc1C. The molecule has 0 heterocycles. The second-order valence-corrected chi connectivity index (χ2v) is 7.69. The van der Waals surface area contributed by atoms with Crippen LogP contribution >= 0.6 is 0 Å². The van der Waals surface area contributed by atoms with E-state index in [2.05, 4.69) is 4.72 Å². The zero-order chi connectivity index (χ0) is 18.4. The van der Waals surface area contributed by atoms with Gasteiger partial charge < -0.3 is 9.84 Å². The Hall–Kier alpha value is -1.89. The number of aliphatic hydroxyl groups is 1. The lowest BCUT2D eigenvalue weighted by Gasteiger charge is -2.19. The number of benzene rings is 2. The molecule has 136 valence electrons. The van der Waals surface area contributed by atoms with Crippen LogP contribution in [0, 0.1) is 13.8 Å². The van der Waals surface area contributed by atoms with Gasteiger partial charge in [0.15, 0.2) is 0 Å². The number of sulfonamides is 1. The summed E-state index contributed by atoms with van der Waals surface area (Å²) >= 11 is 0. The van der Waals surface area contributed by atoms with Crippen LogP contribution in [0.1, 0.15) is 23.6 Å². The van der Waals surface area contributed by atoms with E-state index in [1.54, 1.807) is 19.1 Å². The van der Waals surface area contributed by atoms with Gasteiger partial charge >= 0.3 is 0 Å². The molecule has 0 aliphatic heterocycles. The summed E-state index contributed by atoms with van der Waals surface area (Å²) in [6, 6.07) is 12.2. The monoisotopic (exact) mass is 363 g/mol. The smallest absolute Gasteiger partial charge is 0.241 e. The van der Waals surface area contributed by atoms with Crippen molar-refractivity contribution in [1.82, 2.24) is 4.72 Å². The Labute approximate surface area is 149 Å². The average molecular weight is 363 g/mol. The topological polar surface area (TPSA) is 75.6 Å².